The van der Waals surface area contributed by atoms with Gasteiger partial charge in [-0.3, -0.25) is 0 Å². The highest BCUT2D eigenvalue weighted by molar-refractivity contribution is 7.13. The van der Waals surface area contributed by atoms with E-state index >= 15 is 0 Å². The van der Waals surface area contributed by atoms with Crippen LogP contribution in [0.3, 0.4) is 0 Å². The van der Waals surface area contributed by atoms with Crippen LogP contribution in [-0.2, 0) is 0 Å². The molecule has 0 aliphatic rings. The fourth-order valence-corrected chi connectivity index (χ4v) is 2.89. The highest BCUT2D eigenvalue weighted by Crippen LogP contribution is 2.27. The Morgan fingerprint density at radius 2 is 2.33 bits per heavy atom. The smallest absolute Gasteiger partial charge is 0.142 e. The average Bonchev–Trinajstić information content (AvgIpc) is 2.89. The van der Waals surface area contributed by atoms with Crippen LogP contribution in [0.15, 0.2) is 16.3 Å². The molecule has 15 heavy (non-hydrogen) atoms. The van der Waals surface area contributed by atoms with E-state index in [9.17, 15) is 0 Å². The van der Waals surface area contributed by atoms with Crippen LogP contribution in [0.5, 0.6) is 0 Å². The predicted octanol–water partition coefficient (Wildman–Crippen LogP) is 2.72. The van der Waals surface area contributed by atoms with Gasteiger partial charge in [-0.2, -0.15) is 0 Å². The van der Waals surface area contributed by atoms with Crippen LogP contribution < -0.4 is 5.73 Å². The van der Waals surface area contributed by atoms with E-state index in [1.54, 1.807) is 22.7 Å². The molecule has 3 nitrogen and oxygen atoms in total. The fraction of sp³-hybridized carbons (Fsp3) is 0.400. The maximum atomic E-state index is 5.69. The van der Waals surface area contributed by atoms with Gasteiger partial charge in [0.25, 0.3) is 0 Å². The molecule has 2 heterocycles. The van der Waals surface area contributed by atoms with Crippen molar-refractivity contribution >= 4 is 22.7 Å². The molecule has 0 amide bonds. The standard InChI is InChI=1S/C10H13N3S2/c1-2-7(3-11)8-5-15-10(13-8)9-4-14-6-12-9/h4-7H,2-3,11H2,1H3. The Morgan fingerprint density at radius 3 is 2.93 bits per heavy atom. The molecule has 0 aliphatic heterocycles. The second kappa shape index (κ2) is 4.83. The lowest BCUT2D eigenvalue weighted by molar-refractivity contribution is 0.659. The van der Waals surface area contributed by atoms with Crippen molar-refractivity contribution in [1.82, 2.24) is 9.97 Å². The average molecular weight is 239 g/mol. The zero-order valence-corrected chi connectivity index (χ0v) is 10.1. The number of hydrogen-bond acceptors (Lipinski definition) is 5. The number of rotatable bonds is 4. The van der Waals surface area contributed by atoms with Crippen molar-refractivity contribution in [2.45, 2.75) is 19.3 Å². The SMILES string of the molecule is CCC(CN)c1csc(-c2cscn2)n1. The van der Waals surface area contributed by atoms with Crippen LogP contribution in [0.1, 0.15) is 25.0 Å². The third kappa shape index (κ3) is 2.25. The summed E-state index contributed by atoms with van der Waals surface area (Å²) in [5.74, 6) is 0.383. The van der Waals surface area contributed by atoms with Crippen LogP contribution in [0.2, 0.25) is 0 Å². The molecule has 0 fully saturated rings. The van der Waals surface area contributed by atoms with Gasteiger partial charge in [0.1, 0.15) is 10.7 Å². The van der Waals surface area contributed by atoms with Crippen molar-refractivity contribution in [2.24, 2.45) is 5.73 Å². The lowest BCUT2D eigenvalue weighted by Crippen LogP contribution is -2.11. The van der Waals surface area contributed by atoms with Crippen LogP contribution in [-0.4, -0.2) is 16.5 Å². The van der Waals surface area contributed by atoms with E-state index in [-0.39, 0.29) is 0 Å². The van der Waals surface area contributed by atoms with Gasteiger partial charge >= 0.3 is 0 Å². The molecule has 2 aromatic heterocycles. The van der Waals surface area contributed by atoms with Gasteiger partial charge in [-0.1, -0.05) is 6.92 Å². The van der Waals surface area contributed by atoms with E-state index in [2.05, 4.69) is 22.3 Å². The lowest BCUT2D eigenvalue weighted by atomic mass is 10.0. The lowest BCUT2D eigenvalue weighted by Gasteiger charge is -2.07. The predicted molar refractivity (Wildman–Crippen MR) is 65.3 cm³/mol. The van der Waals surface area contributed by atoms with Crippen LogP contribution in [0.25, 0.3) is 10.7 Å². The minimum atomic E-state index is 0.383. The van der Waals surface area contributed by atoms with Gasteiger partial charge in [-0.15, -0.1) is 22.7 Å². The first-order valence-electron chi connectivity index (χ1n) is 4.89. The van der Waals surface area contributed by atoms with Crippen molar-refractivity contribution in [3.63, 3.8) is 0 Å². The number of nitrogens with zero attached hydrogens (tertiary/aromatic N) is 2. The highest BCUT2D eigenvalue weighted by Gasteiger charge is 2.12. The summed E-state index contributed by atoms with van der Waals surface area (Å²) in [5.41, 5.74) is 9.60. The summed E-state index contributed by atoms with van der Waals surface area (Å²) in [6.45, 7) is 2.80. The van der Waals surface area contributed by atoms with Crippen molar-refractivity contribution in [3.05, 3.63) is 22.0 Å². The molecule has 0 saturated heterocycles. The third-order valence-corrected chi connectivity index (χ3v) is 3.84. The molecule has 0 bridgehead atoms. The topological polar surface area (TPSA) is 51.8 Å². The van der Waals surface area contributed by atoms with E-state index in [0.29, 0.717) is 12.5 Å². The second-order valence-electron chi connectivity index (χ2n) is 3.29. The van der Waals surface area contributed by atoms with E-state index in [1.807, 2.05) is 10.9 Å². The molecule has 2 rings (SSSR count). The summed E-state index contributed by atoms with van der Waals surface area (Å²) in [5, 5.41) is 5.11. The maximum Gasteiger partial charge on any atom is 0.142 e. The van der Waals surface area contributed by atoms with Gasteiger partial charge in [0, 0.05) is 23.2 Å². The van der Waals surface area contributed by atoms with E-state index in [0.717, 1.165) is 22.8 Å². The molecule has 0 saturated carbocycles. The second-order valence-corrected chi connectivity index (χ2v) is 4.87. The van der Waals surface area contributed by atoms with Gasteiger partial charge in [-0.05, 0) is 6.42 Å². The normalized spacial score (nSPS) is 12.9. The van der Waals surface area contributed by atoms with Gasteiger partial charge in [0.05, 0.1) is 11.2 Å². The zero-order valence-electron chi connectivity index (χ0n) is 8.51. The molecular formula is C10H13N3S2. The Morgan fingerprint density at radius 1 is 1.47 bits per heavy atom. The van der Waals surface area contributed by atoms with Crippen molar-refractivity contribution in [3.8, 4) is 10.7 Å². The Kier molecular flexibility index (Phi) is 3.45. The molecule has 0 spiro atoms. The van der Waals surface area contributed by atoms with E-state index in [1.165, 1.54) is 0 Å². The van der Waals surface area contributed by atoms with E-state index < -0.39 is 0 Å². The quantitative estimate of drug-likeness (QED) is 0.892. The van der Waals surface area contributed by atoms with Gasteiger partial charge in [-0.25, -0.2) is 9.97 Å². The first-order valence-corrected chi connectivity index (χ1v) is 6.71. The molecule has 5 heteroatoms. The Labute approximate surface area is 97.0 Å². The van der Waals surface area contributed by atoms with Crippen molar-refractivity contribution < 1.29 is 0 Å². The molecule has 2 N–H and O–H groups in total. The van der Waals surface area contributed by atoms with Gasteiger partial charge in [0.15, 0.2) is 0 Å². The third-order valence-electron chi connectivity index (χ3n) is 2.37. The zero-order chi connectivity index (χ0) is 10.7. The summed E-state index contributed by atoms with van der Waals surface area (Å²) in [6, 6.07) is 0. The number of hydrogen-bond donors (Lipinski definition) is 1. The van der Waals surface area contributed by atoms with Crippen LogP contribution in [0, 0.1) is 0 Å². The monoisotopic (exact) mass is 239 g/mol. The minimum Gasteiger partial charge on any atom is -0.330 e. The molecule has 1 unspecified atom stereocenters. The summed E-state index contributed by atoms with van der Waals surface area (Å²) in [4.78, 5) is 8.82. The van der Waals surface area contributed by atoms with Gasteiger partial charge in [0.2, 0.25) is 0 Å². The molecule has 1 atom stereocenters. The Bertz CT molecular complexity index is 404. The molecule has 80 valence electrons. The van der Waals surface area contributed by atoms with Crippen molar-refractivity contribution in [1.29, 1.82) is 0 Å². The summed E-state index contributed by atoms with van der Waals surface area (Å²) < 4.78 is 0. The minimum absolute atomic E-state index is 0.383. The summed E-state index contributed by atoms with van der Waals surface area (Å²) >= 11 is 3.24. The van der Waals surface area contributed by atoms with Gasteiger partial charge < -0.3 is 5.73 Å². The first-order chi connectivity index (χ1) is 7.35. The maximum absolute atomic E-state index is 5.69. The van der Waals surface area contributed by atoms with Crippen molar-refractivity contribution in [2.75, 3.05) is 6.54 Å². The molecule has 0 radical (unpaired) electrons. The fourth-order valence-electron chi connectivity index (χ4n) is 1.41. The van der Waals surface area contributed by atoms with Crippen LogP contribution >= 0.6 is 22.7 Å². The number of aromatic nitrogens is 2. The molecular weight excluding hydrogens is 226 g/mol. The largest absolute Gasteiger partial charge is 0.330 e. The highest BCUT2D eigenvalue weighted by atomic mass is 32.1. The van der Waals surface area contributed by atoms with E-state index in [4.69, 9.17) is 5.73 Å². The Hall–Kier alpha value is -0.780. The summed E-state index contributed by atoms with van der Waals surface area (Å²) in [7, 11) is 0. The number of thiazole rings is 2. The number of nitrogens with two attached hydrogens (primary N) is 1. The molecule has 0 aromatic carbocycles. The van der Waals surface area contributed by atoms with Crippen LogP contribution in [0.4, 0.5) is 0 Å². The summed E-state index contributed by atoms with van der Waals surface area (Å²) in [6.07, 6.45) is 1.04. The Balaban J connectivity index is 2.24. The first kappa shape index (κ1) is 10.7. The molecule has 2 aromatic rings. The molecule has 0 aliphatic carbocycles.